The van der Waals surface area contributed by atoms with Crippen LogP contribution in [0.4, 0.5) is 0 Å². The molecule has 37 heavy (non-hydrogen) atoms. The lowest BCUT2D eigenvalue weighted by molar-refractivity contribution is 0.0512. The lowest BCUT2D eigenvalue weighted by Crippen LogP contribution is -2.16. The first-order valence-electron chi connectivity index (χ1n) is 11.4. The maximum Gasteiger partial charge on any atom is 0.351 e. The number of aromatic hydroxyl groups is 1. The van der Waals surface area contributed by atoms with Gasteiger partial charge in [-0.25, -0.2) is 19.2 Å². The Morgan fingerprint density at radius 2 is 1.30 bits per heavy atom. The SMILES string of the molecule is CCOC(=O)c1cc2c(ccc3ccccc32)oc1=O.CCOC(=O)c1cc2ccc(O)cc2oc1=O. The van der Waals surface area contributed by atoms with E-state index in [0.717, 1.165) is 16.2 Å². The number of ether oxygens (including phenoxy) is 2. The van der Waals surface area contributed by atoms with Gasteiger partial charge < -0.3 is 23.4 Å². The minimum atomic E-state index is -0.776. The van der Waals surface area contributed by atoms with Crippen LogP contribution in [0.25, 0.3) is 32.7 Å². The fourth-order valence-electron chi connectivity index (χ4n) is 3.67. The zero-order valence-electron chi connectivity index (χ0n) is 20.0. The van der Waals surface area contributed by atoms with Gasteiger partial charge in [0.05, 0.1) is 13.2 Å². The standard InChI is InChI=1S/C16H12O4.C12H10O5/c1-2-19-15(17)13-9-12-11-6-4-3-5-10(11)7-8-14(12)20-16(13)18;1-2-16-11(14)9-5-7-3-4-8(13)6-10(7)17-12(9)15/h3-9H,2H2,1H3;3-6,13H,2H2,1H3. The van der Waals surface area contributed by atoms with Crippen LogP contribution in [0.15, 0.2) is 85.2 Å². The van der Waals surface area contributed by atoms with Crippen molar-refractivity contribution in [2.45, 2.75) is 13.8 Å². The van der Waals surface area contributed by atoms with E-state index in [-0.39, 0.29) is 35.7 Å². The molecule has 9 nitrogen and oxygen atoms in total. The average molecular weight is 502 g/mol. The zero-order chi connectivity index (χ0) is 26.5. The highest BCUT2D eigenvalue weighted by Crippen LogP contribution is 2.25. The number of esters is 2. The summed E-state index contributed by atoms with van der Waals surface area (Å²) in [4.78, 5) is 46.5. The van der Waals surface area contributed by atoms with Gasteiger partial charge in [-0.2, -0.15) is 0 Å². The molecular weight excluding hydrogens is 480 g/mol. The van der Waals surface area contributed by atoms with Crippen molar-refractivity contribution in [1.29, 1.82) is 0 Å². The van der Waals surface area contributed by atoms with Gasteiger partial charge in [0.25, 0.3) is 0 Å². The van der Waals surface area contributed by atoms with Crippen LogP contribution in [0, 0.1) is 0 Å². The van der Waals surface area contributed by atoms with Crippen LogP contribution in [0.3, 0.4) is 0 Å². The van der Waals surface area contributed by atoms with Gasteiger partial charge in [0.1, 0.15) is 28.0 Å². The molecule has 0 spiro atoms. The van der Waals surface area contributed by atoms with Gasteiger partial charge in [-0.3, -0.25) is 0 Å². The van der Waals surface area contributed by atoms with E-state index in [2.05, 4.69) is 0 Å². The number of benzene rings is 3. The third-order valence-electron chi connectivity index (χ3n) is 5.35. The first kappa shape index (κ1) is 25.2. The Labute approximate surface area is 209 Å². The molecule has 0 atom stereocenters. The Morgan fingerprint density at radius 1 is 0.703 bits per heavy atom. The summed E-state index contributed by atoms with van der Waals surface area (Å²) in [6.07, 6.45) is 0. The fourth-order valence-corrected chi connectivity index (χ4v) is 3.67. The minimum Gasteiger partial charge on any atom is -0.508 e. The molecule has 0 saturated heterocycles. The van der Waals surface area contributed by atoms with E-state index in [0.29, 0.717) is 11.0 Å². The lowest BCUT2D eigenvalue weighted by atomic mass is 10.0. The molecule has 2 aromatic heterocycles. The number of carbonyl (C=O) groups excluding carboxylic acids is 2. The van der Waals surface area contributed by atoms with Crippen molar-refractivity contribution in [2.75, 3.05) is 13.2 Å². The van der Waals surface area contributed by atoms with Crippen LogP contribution in [0.1, 0.15) is 34.6 Å². The van der Waals surface area contributed by atoms with E-state index in [1.54, 1.807) is 32.0 Å². The lowest BCUT2D eigenvalue weighted by Gasteiger charge is -2.05. The number of carbonyl (C=O) groups is 2. The van der Waals surface area contributed by atoms with E-state index in [1.807, 2.05) is 30.3 Å². The Bertz CT molecular complexity index is 1740. The summed E-state index contributed by atoms with van der Waals surface area (Å²) in [5.74, 6) is -1.38. The summed E-state index contributed by atoms with van der Waals surface area (Å²) in [5.41, 5.74) is -0.988. The molecule has 0 aliphatic heterocycles. The molecule has 1 N–H and O–H groups in total. The number of phenols is 1. The Kier molecular flexibility index (Phi) is 7.34. The third kappa shape index (κ3) is 5.35. The first-order chi connectivity index (χ1) is 17.8. The number of phenolic OH excluding ortho intramolecular Hbond substituents is 1. The second-order valence-electron chi connectivity index (χ2n) is 7.76. The molecule has 0 bridgehead atoms. The van der Waals surface area contributed by atoms with Crippen molar-refractivity contribution in [3.05, 3.63) is 98.7 Å². The summed E-state index contributed by atoms with van der Waals surface area (Å²) < 4.78 is 19.7. The number of fused-ring (bicyclic) bond motifs is 4. The number of hydrogen-bond acceptors (Lipinski definition) is 9. The van der Waals surface area contributed by atoms with Crippen LogP contribution in [0.2, 0.25) is 0 Å². The smallest absolute Gasteiger partial charge is 0.351 e. The van der Waals surface area contributed by atoms with Crippen LogP contribution >= 0.6 is 0 Å². The maximum atomic E-state index is 11.8. The molecule has 0 amide bonds. The molecular formula is C28H22O9. The Hall–Kier alpha value is -4.92. The average Bonchev–Trinajstić information content (AvgIpc) is 2.88. The van der Waals surface area contributed by atoms with Crippen LogP contribution in [-0.2, 0) is 9.47 Å². The van der Waals surface area contributed by atoms with Crippen molar-refractivity contribution in [3.8, 4) is 5.75 Å². The normalized spacial score (nSPS) is 10.6. The predicted molar refractivity (Wildman–Crippen MR) is 136 cm³/mol. The highest BCUT2D eigenvalue weighted by Gasteiger charge is 2.16. The molecule has 0 unspecified atom stereocenters. The molecule has 5 aromatic rings. The minimum absolute atomic E-state index is 0.00969. The van der Waals surface area contributed by atoms with E-state index < -0.39 is 23.2 Å². The molecule has 0 saturated carbocycles. The van der Waals surface area contributed by atoms with Crippen molar-refractivity contribution in [2.24, 2.45) is 0 Å². The Morgan fingerprint density at radius 3 is 1.97 bits per heavy atom. The monoisotopic (exact) mass is 502 g/mol. The van der Waals surface area contributed by atoms with Gasteiger partial charge in [0, 0.05) is 16.8 Å². The van der Waals surface area contributed by atoms with Crippen LogP contribution < -0.4 is 11.3 Å². The largest absolute Gasteiger partial charge is 0.508 e. The molecule has 5 rings (SSSR count). The highest BCUT2D eigenvalue weighted by atomic mass is 16.5. The van der Waals surface area contributed by atoms with Gasteiger partial charge in [-0.05, 0) is 55.0 Å². The highest BCUT2D eigenvalue weighted by molar-refractivity contribution is 6.07. The predicted octanol–water partition coefficient (Wildman–Crippen LogP) is 4.80. The van der Waals surface area contributed by atoms with Gasteiger partial charge in [0.2, 0.25) is 0 Å². The summed E-state index contributed by atoms with van der Waals surface area (Å²) in [6.45, 7) is 3.74. The molecule has 188 valence electrons. The number of hydrogen-bond donors (Lipinski definition) is 1. The maximum absolute atomic E-state index is 11.8. The molecule has 0 aliphatic rings. The van der Waals surface area contributed by atoms with Gasteiger partial charge in [-0.1, -0.05) is 30.3 Å². The van der Waals surface area contributed by atoms with Crippen molar-refractivity contribution >= 4 is 44.6 Å². The summed E-state index contributed by atoms with van der Waals surface area (Å²) >= 11 is 0. The number of rotatable bonds is 4. The second-order valence-corrected chi connectivity index (χ2v) is 7.76. The van der Waals surface area contributed by atoms with Gasteiger partial charge >= 0.3 is 23.2 Å². The topological polar surface area (TPSA) is 133 Å². The molecule has 0 fully saturated rings. The van der Waals surface area contributed by atoms with Crippen LogP contribution in [0.5, 0.6) is 5.75 Å². The molecule has 0 radical (unpaired) electrons. The third-order valence-corrected chi connectivity index (χ3v) is 5.35. The van der Waals surface area contributed by atoms with Crippen molar-refractivity contribution in [1.82, 2.24) is 0 Å². The quantitative estimate of drug-likeness (QED) is 0.209. The van der Waals surface area contributed by atoms with Gasteiger partial charge in [0.15, 0.2) is 0 Å². The van der Waals surface area contributed by atoms with E-state index in [4.69, 9.17) is 18.3 Å². The fraction of sp³-hybridized carbons (Fsp3) is 0.143. The van der Waals surface area contributed by atoms with Gasteiger partial charge in [-0.15, -0.1) is 0 Å². The summed E-state index contributed by atoms with van der Waals surface area (Å²) in [5, 5.41) is 12.5. The second kappa shape index (κ2) is 10.8. The van der Waals surface area contributed by atoms with Crippen molar-refractivity contribution in [3.63, 3.8) is 0 Å². The van der Waals surface area contributed by atoms with Crippen LogP contribution in [-0.4, -0.2) is 30.3 Å². The Balaban J connectivity index is 0.000000176. The van der Waals surface area contributed by atoms with E-state index in [9.17, 15) is 24.3 Å². The molecule has 9 heteroatoms. The summed E-state index contributed by atoms with van der Waals surface area (Å²) in [6, 6.07) is 18.6. The first-order valence-corrected chi connectivity index (χ1v) is 11.4. The van der Waals surface area contributed by atoms with E-state index >= 15 is 0 Å². The summed E-state index contributed by atoms with van der Waals surface area (Å²) in [7, 11) is 0. The van der Waals surface area contributed by atoms with E-state index in [1.165, 1.54) is 18.2 Å². The molecule has 0 aliphatic carbocycles. The molecule has 2 heterocycles. The zero-order valence-corrected chi connectivity index (χ0v) is 20.0. The van der Waals surface area contributed by atoms with Crippen molar-refractivity contribution < 1.29 is 33.0 Å². The molecule has 3 aromatic carbocycles.